The van der Waals surface area contributed by atoms with Gasteiger partial charge in [0.1, 0.15) is 0 Å². The van der Waals surface area contributed by atoms with Gasteiger partial charge in [-0.15, -0.1) is 0 Å². The van der Waals surface area contributed by atoms with Gasteiger partial charge in [0, 0.05) is 17.9 Å². The van der Waals surface area contributed by atoms with Crippen molar-refractivity contribution in [2.24, 2.45) is 0 Å². The lowest BCUT2D eigenvalue weighted by Crippen LogP contribution is -2.05. The molecule has 0 saturated heterocycles. The van der Waals surface area contributed by atoms with Gasteiger partial charge in [-0.25, -0.2) is 9.97 Å². The van der Waals surface area contributed by atoms with Crippen molar-refractivity contribution in [3.63, 3.8) is 0 Å². The normalized spacial score (nSPS) is 10.7. The molecule has 0 aliphatic heterocycles. The molecule has 3 heteroatoms. The molecule has 1 N–H and O–H groups in total. The van der Waals surface area contributed by atoms with Gasteiger partial charge < -0.3 is 5.32 Å². The van der Waals surface area contributed by atoms with Gasteiger partial charge >= 0.3 is 0 Å². The molecule has 20 heavy (non-hydrogen) atoms. The Morgan fingerprint density at radius 2 is 1.60 bits per heavy atom. The predicted octanol–water partition coefficient (Wildman–Crippen LogP) is 3.86. The molecule has 0 radical (unpaired) electrons. The number of nitrogens with one attached hydrogen (secondary N) is 1. The smallest absolute Gasteiger partial charge is 0.223 e. The molecule has 0 amide bonds. The molecular weight excluding hydrogens is 246 g/mol. The Balaban J connectivity index is 1.87. The molecule has 0 aliphatic carbocycles. The van der Waals surface area contributed by atoms with Crippen LogP contribution in [0.25, 0.3) is 10.8 Å². The van der Waals surface area contributed by atoms with Crippen LogP contribution in [-0.2, 0) is 6.54 Å². The fraction of sp³-hybridized carbons (Fsp3) is 0.176. The summed E-state index contributed by atoms with van der Waals surface area (Å²) in [6.07, 6.45) is 0. The van der Waals surface area contributed by atoms with Gasteiger partial charge in [-0.1, -0.05) is 42.5 Å². The van der Waals surface area contributed by atoms with E-state index < -0.39 is 0 Å². The highest BCUT2D eigenvalue weighted by molar-refractivity contribution is 5.85. The third kappa shape index (κ3) is 2.62. The maximum absolute atomic E-state index is 4.41. The van der Waals surface area contributed by atoms with Crippen molar-refractivity contribution in [1.82, 2.24) is 9.97 Å². The number of fused-ring (bicyclic) bond motifs is 1. The zero-order valence-corrected chi connectivity index (χ0v) is 11.7. The molecule has 0 bridgehead atoms. The zero-order chi connectivity index (χ0) is 13.9. The average Bonchev–Trinajstić information content (AvgIpc) is 2.44. The molecule has 100 valence electrons. The van der Waals surface area contributed by atoms with Crippen molar-refractivity contribution in [1.29, 1.82) is 0 Å². The van der Waals surface area contributed by atoms with Crippen molar-refractivity contribution in [2.45, 2.75) is 20.4 Å². The maximum Gasteiger partial charge on any atom is 0.223 e. The minimum atomic E-state index is 0.690. The number of anilines is 1. The van der Waals surface area contributed by atoms with Gasteiger partial charge in [-0.2, -0.15) is 0 Å². The van der Waals surface area contributed by atoms with Gasteiger partial charge in [-0.05, 0) is 36.2 Å². The summed E-state index contributed by atoms with van der Waals surface area (Å²) in [6.45, 7) is 4.69. The second-order valence-electron chi connectivity index (χ2n) is 4.97. The number of hydrogen-bond donors (Lipinski definition) is 1. The fourth-order valence-electron chi connectivity index (χ4n) is 2.43. The average molecular weight is 263 g/mol. The first kappa shape index (κ1) is 12.6. The summed E-state index contributed by atoms with van der Waals surface area (Å²) in [5, 5.41) is 5.84. The van der Waals surface area contributed by atoms with Crippen LogP contribution < -0.4 is 5.32 Å². The number of rotatable bonds is 3. The SMILES string of the molecule is Cc1cc(C)nc(NCc2cccc3ccccc23)n1. The quantitative estimate of drug-likeness (QED) is 0.779. The lowest BCUT2D eigenvalue weighted by Gasteiger charge is -2.09. The van der Waals surface area contributed by atoms with Crippen LogP contribution >= 0.6 is 0 Å². The van der Waals surface area contributed by atoms with E-state index >= 15 is 0 Å². The van der Waals surface area contributed by atoms with Crippen LogP contribution in [0.4, 0.5) is 5.95 Å². The maximum atomic E-state index is 4.41. The molecule has 0 atom stereocenters. The van der Waals surface area contributed by atoms with E-state index in [1.54, 1.807) is 0 Å². The monoisotopic (exact) mass is 263 g/mol. The highest BCUT2D eigenvalue weighted by atomic mass is 15.1. The lowest BCUT2D eigenvalue weighted by atomic mass is 10.0. The van der Waals surface area contributed by atoms with Gasteiger partial charge in [-0.3, -0.25) is 0 Å². The molecule has 2 aromatic carbocycles. The zero-order valence-electron chi connectivity index (χ0n) is 11.7. The molecule has 0 unspecified atom stereocenters. The van der Waals surface area contributed by atoms with Crippen molar-refractivity contribution in [2.75, 3.05) is 5.32 Å². The number of aromatic nitrogens is 2. The predicted molar refractivity (Wildman–Crippen MR) is 82.8 cm³/mol. The van der Waals surface area contributed by atoms with Crippen LogP contribution in [0.5, 0.6) is 0 Å². The Labute approximate surface area is 118 Å². The summed E-state index contributed by atoms with van der Waals surface area (Å²) in [4.78, 5) is 8.81. The number of benzene rings is 2. The standard InChI is InChI=1S/C17H17N3/c1-12-10-13(2)20-17(19-12)18-11-15-8-5-7-14-6-3-4-9-16(14)15/h3-10H,11H2,1-2H3,(H,18,19,20). The molecule has 0 aliphatic rings. The van der Waals surface area contributed by atoms with Crippen LogP contribution in [0, 0.1) is 13.8 Å². The first-order valence-corrected chi connectivity index (χ1v) is 6.75. The van der Waals surface area contributed by atoms with Gasteiger partial charge in [0.2, 0.25) is 5.95 Å². The van der Waals surface area contributed by atoms with Crippen molar-refractivity contribution in [3.8, 4) is 0 Å². The van der Waals surface area contributed by atoms with Crippen molar-refractivity contribution in [3.05, 3.63) is 65.5 Å². The topological polar surface area (TPSA) is 37.8 Å². The van der Waals surface area contributed by atoms with E-state index in [4.69, 9.17) is 0 Å². The fourth-order valence-corrected chi connectivity index (χ4v) is 2.43. The summed E-state index contributed by atoms with van der Waals surface area (Å²) in [6, 6.07) is 16.7. The molecule has 0 fully saturated rings. The third-order valence-electron chi connectivity index (χ3n) is 3.30. The van der Waals surface area contributed by atoms with Crippen molar-refractivity contribution >= 4 is 16.7 Å². The van der Waals surface area contributed by atoms with E-state index in [-0.39, 0.29) is 0 Å². The Morgan fingerprint density at radius 3 is 2.40 bits per heavy atom. The second kappa shape index (κ2) is 5.29. The third-order valence-corrected chi connectivity index (χ3v) is 3.30. The van der Waals surface area contributed by atoms with Crippen LogP contribution in [0.2, 0.25) is 0 Å². The van der Waals surface area contributed by atoms with E-state index in [1.165, 1.54) is 16.3 Å². The first-order chi connectivity index (χ1) is 9.72. The van der Waals surface area contributed by atoms with Crippen LogP contribution in [0.15, 0.2) is 48.5 Å². The summed E-state index contributed by atoms with van der Waals surface area (Å²) in [7, 11) is 0. The lowest BCUT2D eigenvalue weighted by molar-refractivity contribution is 1.01. The van der Waals surface area contributed by atoms with E-state index in [2.05, 4.69) is 57.7 Å². The molecule has 3 rings (SSSR count). The number of nitrogens with zero attached hydrogens (tertiary/aromatic N) is 2. The van der Waals surface area contributed by atoms with Gasteiger partial charge in [0.05, 0.1) is 0 Å². The molecule has 0 spiro atoms. The van der Waals surface area contributed by atoms with E-state index in [0.29, 0.717) is 5.95 Å². The van der Waals surface area contributed by atoms with Crippen LogP contribution in [0.1, 0.15) is 17.0 Å². The molecular formula is C17H17N3. The molecule has 3 nitrogen and oxygen atoms in total. The summed E-state index contributed by atoms with van der Waals surface area (Å²) in [5.74, 6) is 0.690. The van der Waals surface area contributed by atoms with Gasteiger partial charge in [0.15, 0.2) is 0 Å². The van der Waals surface area contributed by atoms with Crippen molar-refractivity contribution < 1.29 is 0 Å². The Morgan fingerprint density at radius 1 is 0.900 bits per heavy atom. The summed E-state index contributed by atoms with van der Waals surface area (Å²) in [5.41, 5.74) is 3.22. The minimum Gasteiger partial charge on any atom is -0.350 e. The van der Waals surface area contributed by atoms with E-state index in [1.807, 2.05) is 19.9 Å². The van der Waals surface area contributed by atoms with Gasteiger partial charge in [0.25, 0.3) is 0 Å². The summed E-state index contributed by atoms with van der Waals surface area (Å²) < 4.78 is 0. The van der Waals surface area contributed by atoms with E-state index in [9.17, 15) is 0 Å². The minimum absolute atomic E-state index is 0.690. The number of hydrogen-bond acceptors (Lipinski definition) is 3. The highest BCUT2D eigenvalue weighted by Gasteiger charge is 2.02. The molecule has 0 saturated carbocycles. The molecule has 1 aromatic heterocycles. The highest BCUT2D eigenvalue weighted by Crippen LogP contribution is 2.19. The number of aryl methyl sites for hydroxylation is 2. The summed E-state index contributed by atoms with van der Waals surface area (Å²) >= 11 is 0. The Bertz CT molecular complexity index is 725. The second-order valence-corrected chi connectivity index (χ2v) is 4.97. The van der Waals surface area contributed by atoms with Crippen LogP contribution in [-0.4, -0.2) is 9.97 Å². The Hall–Kier alpha value is -2.42. The van der Waals surface area contributed by atoms with E-state index in [0.717, 1.165) is 17.9 Å². The van der Waals surface area contributed by atoms with Crippen LogP contribution in [0.3, 0.4) is 0 Å². The largest absolute Gasteiger partial charge is 0.350 e. The Kier molecular flexibility index (Phi) is 3.33. The first-order valence-electron chi connectivity index (χ1n) is 6.75. The molecule has 3 aromatic rings. The molecule has 1 heterocycles.